The molecule has 0 bridgehead atoms. The van der Waals surface area contributed by atoms with Gasteiger partial charge in [-0.1, -0.05) is 42.5 Å². The molecule has 3 aromatic rings. The molecule has 3 rings (SSSR count). The Bertz CT molecular complexity index is 768. The first-order valence-electron chi connectivity index (χ1n) is 6.79. The van der Waals surface area contributed by atoms with E-state index in [1.807, 2.05) is 60.0 Å². The summed E-state index contributed by atoms with van der Waals surface area (Å²) in [4.78, 5) is 4.51. The van der Waals surface area contributed by atoms with E-state index in [4.69, 9.17) is 4.74 Å². The molecule has 1 heterocycles. The van der Waals surface area contributed by atoms with Gasteiger partial charge in [0.25, 0.3) is 0 Å². The summed E-state index contributed by atoms with van der Waals surface area (Å²) >= 11 is 1.53. The second-order valence-electron chi connectivity index (χ2n) is 4.55. The van der Waals surface area contributed by atoms with Crippen molar-refractivity contribution >= 4 is 22.7 Å². The number of thiazole rings is 1. The zero-order valence-electron chi connectivity index (χ0n) is 12.1. The first kappa shape index (κ1) is 14.3. The van der Waals surface area contributed by atoms with Crippen LogP contribution in [0.15, 0.2) is 65.1 Å². The van der Waals surface area contributed by atoms with Gasteiger partial charge in [-0.25, -0.2) is 4.98 Å². The molecule has 0 aliphatic heterocycles. The summed E-state index contributed by atoms with van der Waals surface area (Å²) in [6, 6.07) is 17.8. The van der Waals surface area contributed by atoms with Gasteiger partial charge in [-0.15, -0.1) is 11.3 Å². The summed E-state index contributed by atoms with van der Waals surface area (Å²) in [6.45, 7) is 0. The van der Waals surface area contributed by atoms with Gasteiger partial charge in [-0.3, -0.25) is 5.43 Å². The van der Waals surface area contributed by atoms with Crippen molar-refractivity contribution in [2.75, 3.05) is 12.5 Å². The van der Waals surface area contributed by atoms with Crippen LogP contribution in [0.3, 0.4) is 0 Å². The van der Waals surface area contributed by atoms with Crippen LogP contribution in [-0.2, 0) is 0 Å². The maximum atomic E-state index is 5.18. The van der Waals surface area contributed by atoms with Crippen LogP contribution in [0.5, 0.6) is 5.75 Å². The van der Waals surface area contributed by atoms with Crippen molar-refractivity contribution in [2.45, 2.75) is 0 Å². The van der Waals surface area contributed by atoms with Gasteiger partial charge in [0, 0.05) is 10.9 Å². The SMILES string of the molecule is COc1cccc(/C=N\Nc2nc(-c3ccccc3)cs2)c1. The molecule has 0 saturated carbocycles. The number of methoxy groups -OCH3 is 1. The van der Waals surface area contributed by atoms with Crippen LogP contribution >= 0.6 is 11.3 Å². The molecule has 0 radical (unpaired) electrons. The highest BCUT2D eigenvalue weighted by molar-refractivity contribution is 7.14. The molecule has 4 nitrogen and oxygen atoms in total. The predicted octanol–water partition coefficient (Wildman–Crippen LogP) is 4.26. The van der Waals surface area contributed by atoms with Gasteiger partial charge in [0.1, 0.15) is 5.75 Å². The maximum absolute atomic E-state index is 5.18. The molecule has 0 fully saturated rings. The number of benzene rings is 2. The van der Waals surface area contributed by atoms with Crippen LogP contribution in [0.4, 0.5) is 5.13 Å². The van der Waals surface area contributed by atoms with Crippen molar-refractivity contribution in [3.05, 3.63) is 65.5 Å². The number of hydrogen-bond donors (Lipinski definition) is 1. The van der Waals surface area contributed by atoms with E-state index < -0.39 is 0 Å². The topological polar surface area (TPSA) is 46.5 Å². The molecule has 1 aromatic heterocycles. The third-order valence-corrected chi connectivity index (χ3v) is 3.79. The Hall–Kier alpha value is -2.66. The molecule has 1 N–H and O–H groups in total. The normalized spacial score (nSPS) is 10.8. The van der Waals surface area contributed by atoms with Crippen molar-refractivity contribution in [1.29, 1.82) is 0 Å². The number of hydrogen-bond acceptors (Lipinski definition) is 5. The Morgan fingerprint density at radius 2 is 2.00 bits per heavy atom. The molecule has 0 saturated heterocycles. The van der Waals surface area contributed by atoms with Gasteiger partial charge in [0.05, 0.1) is 19.0 Å². The van der Waals surface area contributed by atoms with E-state index in [9.17, 15) is 0 Å². The summed E-state index contributed by atoms with van der Waals surface area (Å²) in [5, 5.41) is 6.99. The lowest BCUT2D eigenvalue weighted by Gasteiger charge is -1.99. The molecule has 2 aromatic carbocycles. The van der Waals surface area contributed by atoms with Crippen LogP contribution in [0, 0.1) is 0 Å². The molecule has 0 spiro atoms. The second kappa shape index (κ2) is 6.87. The monoisotopic (exact) mass is 309 g/mol. The van der Waals surface area contributed by atoms with Crippen LogP contribution < -0.4 is 10.2 Å². The summed E-state index contributed by atoms with van der Waals surface area (Å²) in [5.74, 6) is 0.810. The van der Waals surface area contributed by atoms with Gasteiger partial charge in [0.15, 0.2) is 0 Å². The number of nitrogens with zero attached hydrogens (tertiary/aromatic N) is 2. The first-order valence-corrected chi connectivity index (χ1v) is 7.67. The minimum Gasteiger partial charge on any atom is -0.497 e. The summed E-state index contributed by atoms with van der Waals surface area (Å²) < 4.78 is 5.18. The quantitative estimate of drug-likeness (QED) is 0.565. The van der Waals surface area contributed by atoms with E-state index >= 15 is 0 Å². The molecule has 110 valence electrons. The summed E-state index contributed by atoms with van der Waals surface area (Å²) in [6.07, 6.45) is 1.74. The zero-order chi connectivity index (χ0) is 15.2. The van der Waals surface area contributed by atoms with E-state index in [2.05, 4.69) is 15.5 Å². The zero-order valence-corrected chi connectivity index (χ0v) is 12.9. The number of hydrazone groups is 1. The Morgan fingerprint density at radius 3 is 2.82 bits per heavy atom. The molecule has 0 atom stereocenters. The number of nitrogens with one attached hydrogen (secondary N) is 1. The van der Waals surface area contributed by atoms with Gasteiger partial charge in [-0.05, 0) is 17.7 Å². The van der Waals surface area contributed by atoms with Gasteiger partial charge in [-0.2, -0.15) is 5.10 Å². The van der Waals surface area contributed by atoms with Gasteiger partial charge in [0.2, 0.25) is 5.13 Å². The fourth-order valence-electron chi connectivity index (χ4n) is 1.95. The highest BCUT2D eigenvalue weighted by atomic mass is 32.1. The molecule has 5 heteroatoms. The third-order valence-electron chi connectivity index (χ3n) is 3.04. The summed E-state index contributed by atoms with van der Waals surface area (Å²) in [7, 11) is 1.65. The molecule has 0 aliphatic carbocycles. The van der Waals surface area contributed by atoms with E-state index in [0.29, 0.717) is 0 Å². The smallest absolute Gasteiger partial charge is 0.203 e. The number of anilines is 1. The number of ether oxygens (including phenoxy) is 1. The number of aromatic nitrogens is 1. The lowest BCUT2D eigenvalue weighted by Crippen LogP contribution is -1.91. The van der Waals surface area contributed by atoms with E-state index in [-0.39, 0.29) is 0 Å². The third kappa shape index (κ3) is 3.51. The molecule has 0 unspecified atom stereocenters. The fourth-order valence-corrected chi connectivity index (χ4v) is 2.62. The Balaban J connectivity index is 1.67. The molecular weight excluding hydrogens is 294 g/mol. The standard InChI is InChI=1S/C17H15N3OS/c1-21-15-9-5-6-13(10-15)11-18-20-17-19-16(12-22-17)14-7-3-2-4-8-14/h2-12H,1H3,(H,19,20)/b18-11-. The van der Waals surface area contributed by atoms with Gasteiger partial charge >= 0.3 is 0 Å². The van der Waals surface area contributed by atoms with Crippen molar-refractivity contribution < 1.29 is 4.74 Å². The molecule has 0 aliphatic rings. The van der Waals surface area contributed by atoms with E-state index in [1.165, 1.54) is 11.3 Å². The summed E-state index contributed by atoms with van der Waals surface area (Å²) in [5.41, 5.74) is 5.97. The average molecular weight is 309 g/mol. The van der Waals surface area contributed by atoms with Gasteiger partial charge < -0.3 is 4.74 Å². The van der Waals surface area contributed by atoms with Crippen LogP contribution in [0.2, 0.25) is 0 Å². The lowest BCUT2D eigenvalue weighted by molar-refractivity contribution is 0.415. The molecule has 0 amide bonds. The van der Waals surface area contributed by atoms with Crippen molar-refractivity contribution in [3.8, 4) is 17.0 Å². The first-order chi connectivity index (χ1) is 10.8. The van der Waals surface area contributed by atoms with Crippen molar-refractivity contribution in [2.24, 2.45) is 5.10 Å². The largest absolute Gasteiger partial charge is 0.497 e. The Kier molecular flexibility index (Phi) is 4.46. The Morgan fingerprint density at radius 1 is 1.14 bits per heavy atom. The number of rotatable bonds is 5. The molecule has 22 heavy (non-hydrogen) atoms. The lowest BCUT2D eigenvalue weighted by atomic mass is 10.2. The predicted molar refractivity (Wildman–Crippen MR) is 91.8 cm³/mol. The van der Waals surface area contributed by atoms with Crippen LogP contribution in [0.25, 0.3) is 11.3 Å². The maximum Gasteiger partial charge on any atom is 0.203 e. The minimum absolute atomic E-state index is 0.762. The fraction of sp³-hybridized carbons (Fsp3) is 0.0588. The van der Waals surface area contributed by atoms with Crippen molar-refractivity contribution in [3.63, 3.8) is 0 Å². The second-order valence-corrected chi connectivity index (χ2v) is 5.41. The molecular formula is C17H15N3OS. The highest BCUT2D eigenvalue weighted by Gasteiger charge is 2.02. The van der Waals surface area contributed by atoms with E-state index in [0.717, 1.165) is 27.7 Å². The van der Waals surface area contributed by atoms with Crippen LogP contribution in [0.1, 0.15) is 5.56 Å². The Labute approximate surface area is 133 Å². The van der Waals surface area contributed by atoms with Crippen molar-refractivity contribution in [1.82, 2.24) is 4.98 Å². The van der Waals surface area contributed by atoms with E-state index in [1.54, 1.807) is 13.3 Å². The average Bonchev–Trinajstić information content (AvgIpc) is 3.05. The minimum atomic E-state index is 0.762. The van der Waals surface area contributed by atoms with Crippen LogP contribution in [-0.4, -0.2) is 18.3 Å². The highest BCUT2D eigenvalue weighted by Crippen LogP contribution is 2.24.